The number of aromatic nitrogens is 4. The first-order chi connectivity index (χ1) is 18.6. The zero-order valence-electron chi connectivity index (χ0n) is 21.1. The second kappa shape index (κ2) is 11.0. The summed E-state index contributed by atoms with van der Waals surface area (Å²) in [5, 5.41) is 3.53. The fraction of sp³-hybridized carbons (Fsp3) is 0.393. The van der Waals surface area contributed by atoms with Crippen molar-refractivity contribution in [1.82, 2.24) is 24.4 Å². The number of anilines is 2. The lowest BCUT2D eigenvalue weighted by atomic mass is 10.0. The summed E-state index contributed by atoms with van der Waals surface area (Å²) >= 11 is 0. The van der Waals surface area contributed by atoms with Crippen molar-refractivity contribution >= 4 is 22.8 Å². The summed E-state index contributed by atoms with van der Waals surface area (Å²) in [6, 6.07) is 19.5. The highest BCUT2D eigenvalue weighted by Crippen LogP contribution is 2.29. The summed E-state index contributed by atoms with van der Waals surface area (Å²) in [4.78, 5) is 18.4. The van der Waals surface area contributed by atoms with Crippen molar-refractivity contribution < 1.29 is 13.5 Å². The molecule has 38 heavy (non-hydrogen) atoms. The number of nitrogens with zero attached hydrogens (tertiary/aromatic N) is 6. The van der Waals surface area contributed by atoms with Crippen LogP contribution < -0.4 is 10.2 Å². The molecule has 4 heterocycles. The maximum atomic E-state index is 14.1. The Morgan fingerprint density at radius 1 is 0.921 bits per heavy atom. The molecule has 4 aromatic rings. The molecular formula is C28H31F2N7O. The first kappa shape index (κ1) is 24.7. The van der Waals surface area contributed by atoms with Crippen LogP contribution in [0.1, 0.15) is 30.7 Å². The number of piperidine rings is 1. The van der Waals surface area contributed by atoms with Gasteiger partial charge in [0, 0.05) is 38.3 Å². The summed E-state index contributed by atoms with van der Waals surface area (Å²) in [6.07, 6.45) is -0.699. The first-order valence-corrected chi connectivity index (χ1v) is 13.1. The predicted octanol–water partition coefficient (Wildman–Crippen LogP) is 4.67. The Balaban J connectivity index is 1.33. The van der Waals surface area contributed by atoms with Gasteiger partial charge in [-0.05, 0) is 37.1 Å². The van der Waals surface area contributed by atoms with Gasteiger partial charge in [-0.3, -0.25) is 9.47 Å². The number of fused-ring (bicyclic) bond motifs is 1. The molecule has 2 aliphatic rings. The average Bonchev–Trinajstić information content (AvgIpc) is 3.34. The Kier molecular flexibility index (Phi) is 7.15. The van der Waals surface area contributed by atoms with Crippen LogP contribution in [0, 0.1) is 0 Å². The van der Waals surface area contributed by atoms with Crippen LogP contribution in [0.4, 0.5) is 20.5 Å². The number of alkyl halides is 2. The van der Waals surface area contributed by atoms with Crippen molar-refractivity contribution in [2.24, 2.45) is 0 Å². The second-order valence-corrected chi connectivity index (χ2v) is 9.81. The zero-order chi connectivity index (χ0) is 25.9. The van der Waals surface area contributed by atoms with E-state index in [0.717, 1.165) is 32.5 Å². The van der Waals surface area contributed by atoms with E-state index in [1.165, 1.54) is 10.1 Å². The van der Waals surface area contributed by atoms with E-state index in [2.05, 4.69) is 44.4 Å². The number of hydrogen-bond donors (Lipinski definition) is 1. The molecule has 0 unspecified atom stereocenters. The summed E-state index contributed by atoms with van der Waals surface area (Å²) < 4.78 is 35.2. The smallest absolute Gasteiger partial charge is 0.296 e. The molecule has 2 fully saturated rings. The summed E-state index contributed by atoms with van der Waals surface area (Å²) in [5.74, 6) is 1.18. The van der Waals surface area contributed by atoms with Crippen molar-refractivity contribution in [3.05, 3.63) is 72.1 Å². The van der Waals surface area contributed by atoms with Gasteiger partial charge in [-0.1, -0.05) is 42.5 Å². The highest BCUT2D eigenvalue weighted by molar-refractivity contribution is 5.78. The van der Waals surface area contributed by atoms with Crippen LogP contribution in [0.15, 0.2) is 60.7 Å². The molecule has 6 rings (SSSR count). The van der Waals surface area contributed by atoms with E-state index in [9.17, 15) is 8.78 Å². The van der Waals surface area contributed by atoms with Crippen molar-refractivity contribution in [2.45, 2.75) is 31.9 Å². The Morgan fingerprint density at radius 2 is 1.68 bits per heavy atom. The van der Waals surface area contributed by atoms with E-state index < -0.39 is 6.43 Å². The summed E-state index contributed by atoms with van der Waals surface area (Å²) in [6.45, 7) is 5.31. The fourth-order valence-corrected chi connectivity index (χ4v) is 5.33. The van der Waals surface area contributed by atoms with Crippen LogP contribution in [0.2, 0.25) is 0 Å². The predicted molar refractivity (Wildman–Crippen MR) is 143 cm³/mol. The molecule has 0 amide bonds. The molecule has 2 aliphatic heterocycles. The number of likely N-dealkylation sites (tertiary alicyclic amines) is 1. The third-order valence-corrected chi connectivity index (χ3v) is 7.13. The third-order valence-electron chi connectivity index (χ3n) is 7.13. The molecule has 0 aliphatic carbocycles. The van der Waals surface area contributed by atoms with Gasteiger partial charge in [-0.15, -0.1) is 0 Å². The highest BCUT2D eigenvalue weighted by Gasteiger charge is 2.25. The molecule has 0 spiro atoms. The van der Waals surface area contributed by atoms with E-state index in [1.54, 1.807) is 24.3 Å². The van der Waals surface area contributed by atoms with Crippen LogP contribution >= 0.6 is 0 Å². The largest absolute Gasteiger partial charge is 0.378 e. The Hall–Kier alpha value is -3.63. The van der Waals surface area contributed by atoms with Gasteiger partial charge in [0.15, 0.2) is 5.82 Å². The topological polar surface area (TPSA) is 71.3 Å². The molecule has 0 radical (unpaired) electrons. The minimum atomic E-state index is -2.74. The van der Waals surface area contributed by atoms with Crippen LogP contribution in [0.25, 0.3) is 16.9 Å². The molecule has 0 saturated carbocycles. The standard InChI is InChI=1S/C28H31F2N7O/c29-26(30)27-32-22-10-4-5-11-23(22)37(27)25-17-24(36-13-15-38-16-14-36)33-28(34-25)31-21-9-6-12-35(19-21)18-20-7-2-1-3-8-20/h1-5,7-8,10-11,17,21,26H,6,9,12-16,18-19H2,(H,31,33,34)/t21-/m1/s1. The number of halogens is 2. The van der Waals surface area contributed by atoms with Crippen molar-refractivity contribution in [1.29, 1.82) is 0 Å². The highest BCUT2D eigenvalue weighted by atomic mass is 19.3. The van der Waals surface area contributed by atoms with E-state index in [0.29, 0.717) is 54.9 Å². The number of para-hydroxylation sites is 2. The molecule has 10 heteroatoms. The van der Waals surface area contributed by atoms with Gasteiger partial charge in [0.1, 0.15) is 11.6 Å². The van der Waals surface area contributed by atoms with Crippen LogP contribution in [-0.2, 0) is 11.3 Å². The maximum absolute atomic E-state index is 14.1. The Morgan fingerprint density at radius 3 is 2.50 bits per heavy atom. The lowest BCUT2D eigenvalue weighted by Gasteiger charge is -2.33. The van der Waals surface area contributed by atoms with E-state index >= 15 is 0 Å². The van der Waals surface area contributed by atoms with Gasteiger partial charge in [0.25, 0.3) is 6.43 Å². The third kappa shape index (κ3) is 5.32. The molecule has 0 bridgehead atoms. The normalized spacial score (nSPS) is 18.8. The molecule has 8 nitrogen and oxygen atoms in total. The lowest BCUT2D eigenvalue weighted by Crippen LogP contribution is -2.42. The molecule has 198 valence electrons. The summed E-state index contributed by atoms with van der Waals surface area (Å²) in [5.41, 5.74) is 2.38. The van der Waals surface area contributed by atoms with Gasteiger partial charge in [0.05, 0.1) is 24.2 Å². The van der Waals surface area contributed by atoms with Gasteiger partial charge in [-0.2, -0.15) is 9.97 Å². The summed E-state index contributed by atoms with van der Waals surface area (Å²) in [7, 11) is 0. The van der Waals surface area contributed by atoms with Crippen molar-refractivity contribution in [3.8, 4) is 5.82 Å². The number of hydrogen-bond acceptors (Lipinski definition) is 7. The first-order valence-electron chi connectivity index (χ1n) is 13.1. The van der Waals surface area contributed by atoms with Crippen LogP contribution in [-0.4, -0.2) is 69.9 Å². The second-order valence-electron chi connectivity index (χ2n) is 9.81. The monoisotopic (exact) mass is 519 g/mol. The number of morpholine rings is 1. The molecule has 2 saturated heterocycles. The molecule has 1 atom stereocenters. The number of benzene rings is 2. The lowest BCUT2D eigenvalue weighted by molar-refractivity contribution is 0.122. The van der Waals surface area contributed by atoms with Gasteiger partial charge < -0.3 is 15.0 Å². The average molecular weight is 520 g/mol. The fourth-order valence-electron chi connectivity index (χ4n) is 5.33. The number of imidazole rings is 1. The molecule has 2 aromatic heterocycles. The van der Waals surface area contributed by atoms with Gasteiger partial charge in [-0.25, -0.2) is 13.8 Å². The molecule has 2 aromatic carbocycles. The quantitative estimate of drug-likeness (QED) is 0.381. The maximum Gasteiger partial charge on any atom is 0.296 e. The SMILES string of the molecule is FC(F)c1nc2ccccc2n1-c1cc(N2CCOCC2)nc(N[C@@H]2CCCN(Cc3ccccc3)C2)n1. The van der Waals surface area contributed by atoms with E-state index in [1.807, 2.05) is 12.1 Å². The number of rotatable bonds is 7. The number of ether oxygens (including phenoxy) is 1. The van der Waals surface area contributed by atoms with E-state index in [-0.39, 0.29) is 11.9 Å². The van der Waals surface area contributed by atoms with Crippen LogP contribution in [0.3, 0.4) is 0 Å². The zero-order valence-corrected chi connectivity index (χ0v) is 21.1. The number of nitrogens with one attached hydrogen (secondary N) is 1. The van der Waals surface area contributed by atoms with Crippen molar-refractivity contribution in [3.63, 3.8) is 0 Å². The van der Waals surface area contributed by atoms with Gasteiger partial charge >= 0.3 is 0 Å². The van der Waals surface area contributed by atoms with Gasteiger partial charge in [0.2, 0.25) is 5.95 Å². The minimum Gasteiger partial charge on any atom is -0.378 e. The van der Waals surface area contributed by atoms with E-state index in [4.69, 9.17) is 14.7 Å². The molecule has 1 N–H and O–H groups in total. The Labute approximate surface area is 220 Å². The Bertz CT molecular complexity index is 1370. The van der Waals surface area contributed by atoms with Crippen LogP contribution in [0.5, 0.6) is 0 Å². The minimum absolute atomic E-state index is 0.148. The molecular weight excluding hydrogens is 488 g/mol. The van der Waals surface area contributed by atoms with Crippen molar-refractivity contribution in [2.75, 3.05) is 49.6 Å².